The average Bonchev–Trinajstić information content (AvgIpc) is 3.05. The van der Waals surface area contributed by atoms with Crippen molar-refractivity contribution in [1.82, 2.24) is 4.98 Å². The van der Waals surface area contributed by atoms with Crippen LogP contribution in [0.3, 0.4) is 0 Å². The fourth-order valence-electron chi connectivity index (χ4n) is 3.20. The zero-order valence-corrected chi connectivity index (χ0v) is 15.2. The Morgan fingerprint density at radius 1 is 1.28 bits per heavy atom. The van der Waals surface area contributed by atoms with Gasteiger partial charge in [0.25, 0.3) is 0 Å². The number of hydrogen-bond donors (Lipinski definition) is 0. The van der Waals surface area contributed by atoms with Gasteiger partial charge in [0.05, 0.1) is 6.54 Å². The first-order valence-electron chi connectivity index (χ1n) is 8.99. The molecule has 1 aromatic heterocycles. The topological polar surface area (TPSA) is 42.4 Å². The van der Waals surface area contributed by atoms with E-state index >= 15 is 0 Å². The van der Waals surface area contributed by atoms with E-state index in [1.807, 2.05) is 49.5 Å². The van der Waals surface area contributed by atoms with E-state index in [2.05, 4.69) is 23.7 Å². The van der Waals surface area contributed by atoms with Gasteiger partial charge >= 0.3 is 0 Å². The molecule has 2 heterocycles. The number of aryl methyl sites for hydroxylation is 1. The smallest absolute Gasteiger partial charge is 0.213 e. The molecule has 0 aliphatic carbocycles. The van der Waals surface area contributed by atoms with E-state index in [-0.39, 0.29) is 11.9 Å². The zero-order valence-electron chi connectivity index (χ0n) is 15.2. The summed E-state index contributed by atoms with van der Waals surface area (Å²) in [5, 5.41) is 0. The van der Waals surface area contributed by atoms with Gasteiger partial charge in [-0.25, -0.2) is 4.98 Å². The lowest BCUT2D eigenvalue weighted by Gasteiger charge is -2.22. The predicted molar refractivity (Wildman–Crippen MR) is 100 cm³/mol. The SMILES string of the molecule is Cc1ccc(O[C@H]2CCN(c3ccccc3C(=O)CC(C)C)C2)nc1. The highest BCUT2D eigenvalue weighted by Gasteiger charge is 2.27. The molecule has 0 amide bonds. The highest BCUT2D eigenvalue weighted by molar-refractivity contribution is 6.01. The number of ketones is 1. The second-order valence-electron chi connectivity index (χ2n) is 7.19. The minimum absolute atomic E-state index is 0.100. The Morgan fingerprint density at radius 3 is 2.80 bits per heavy atom. The Morgan fingerprint density at radius 2 is 2.08 bits per heavy atom. The Kier molecular flexibility index (Phi) is 5.37. The number of pyridine rings is 1. The number of carbonyl (C=O) groups excluding carboxylic acids is 1. The van der Waals surface area contributed by atoms with Crippen LogP contribution in [-0.2, 0) is 0 Å². The number of ether oxygens (including phenoxy) is 1. The van der Waals surface area contributed by atoms with E-state index in [0.29, 0.717) is 18.2 Å². The van der Waals surface area contributed by atoms with Crippen LogP contribution in [0, 0.1) is 12.8 Å². The zero-order chi connectivity index (χ0) is 17.8. The van der Waals surface area contributed by atoms with E-state index in [1.54, 1.807) is 0 Å². The van der Waals surface area contributed by atoms with Gasteiger partial charge < -0.3 is 9.64 Å². The number of nitrogens with zero attached hydrogens (tertiary/aromatic N) is 2. The normalized spacial score (nSPS) is 17.1. The summed E-state index contributed by atoms with van der Waals surface area (Å²) in [5.74, 6) is 1.25. The summed E-state index contributed by atoms with van der Waals surface area (Å²) in [7, 11) is 0. The molecule has 1 aromatic carbocycles. The molecule has 4 heteroatoms. The van der Waals surface area contributed by atoms with Crippen molar-refractivity contribution in [3.8, 4) is 5.88 Å². The quantitative estimate of drug-likeness (QED) is 0.738. The molecule has 2 aromatic rings. The predicted octanol–water partition coefficient (Wildman–Crippen LogP) is 4.28. The maximum absolute atomic E-state index is 12.6. The van der Waals surface area contributed by atoms with Crippen LogP contribution >= 0.6 is 0 Å². The lowest BCUT2D eigenvalue weighted by molar-refractivity contribution is 0.0968. The third-order valence-corrected chi connectivity index (χ3v) is 4.46. The molecule has 1 aliphatic heterocycles. The molecule has 1 saturated heterocycles. The lowest BCUT2D eigenvalue weighted by atomic mass is 9.99. The van der Waals surface area contributed by atoms with Crippen LogP contribution in [0.1, 0.15) is 42.6 Å². The molecule has 25 heavy (non-hydrogen) atoms. The average molecular weight is 338 g/mol. The third-order valence-electron chi connectivity index (χ3n) is 4.46. The molecule has 0 saturated carbocycles. The summed E-state index contributed by atoms with van der Waals surface area (Å²) < 4.78 is 6.01. The lowest BCUT2D eigenvalue weighted by Crippen LogP contribution is -2.26. The maximum atomic E-state index is 12.6. The van der Waals surface area contributed by atoms with Crippen molar-refractivity contribution in [3.63, 3.8) is 0 Å². The van der Waals surface area contributed by atoms with E-state index < -0.39 is 0 Å². The number of hydrogen-bond acceptors (Lipinski definition) is 4. The van der Waals surface area contributed by atoms with Crippen LogP contribution in [0.2, 0.25) is 0 Å². The van der Waals surface area contributed by atoms with Gasteiger partial charge in [0, 0.05) is 42.9 Å². The number of anilines is 1. The summed E-state index contributed by atoms with van der Waals surface area (Å²) in [6, 6.07) is 11.8. The highest BCUT2D eigenvalue weighted by atomic mass is 16.5. The Hall–Kier alpha value is -2.36. The van der Waals surface area contributed by atoms with Crippen LogP contribution < -0.4 is 9.64 Å². The summed E-state index contributed by atoms with van der Waals surface area (Å²) in [4.78, 5) is 19.1. The fourth-order valence-corrected chi connectivity index (χ4v) is 3.20. The van der Waals surface area contributed by atoms with Crippen LogP contribution in [0.15, 0.2) is 42.6 Å². The van der Waals surface area contributed by atoms with E-state index in [0.717, 1.165) is 36.3 Å². The Balaban J connectivity index is 1.69. The second kappa shape index (κ2) is 7.68. The fraction of sp³-hybridized carbons (Fsp3) is 0.429. The molecule has 3 rings (SSSR count). The molecule has 0 radical (unpaired) electrons. The van der Waals surface area contributed by atoms with Gasteiger partial charge in [-0.15, -0.1) is 0 Å². The van der Waals surface area contributed by atoms with Gasteiger partial charge in [-0.3, -0.25) is 4.79 Å². The second-order valence-corrected chi connectivity index (χ2v) is 7.19. The van der Waals surface area contributed by atoms with Crippen molar-refractivity contribution in [3.05, 3.63) is 53.7 Å². The molecule has 0 bridgehead atoms. The minimum atomic E-state index is 0.100. The number of rotatable bonds is 6. The molecule has 4 nitrogen and oxygen atoms in total. The summed E-state index contributed by atoms with van der Waals surface area (Å²) in [5.41, 5.74) is 2.97. The molecular formula is C21H26N2O2. The van der Waals surface area contributed by atoms with Crippen molar-refractivity contribution in [1.29, 1.82) is 0 Å². The van der Waals surface area contributed by atoms with Crippen molar-refractivity contribution >= 4 is 11.5 Å². The maximum Gasteiger partial charge on any atom is 0.213 e. The first kappa shape index (κ1) is 17.5. The first-order valence-corrected chi connectivity index (χ1v) is 8.99. The van der Waals surface area contributed by atoms with Gasteiger partial charge in [0.2, 0.25) is 5.88 Å². The van der Waals surface area contributed by atoms with Crippen LogP contribution in [0.25, 0.3) is 0 Å². The van der Waals surface area contributed by atoms with Crippen LogP contribution in [-0.4, -0.2) is 30.0 Å². The minimum Gasteiger partial charge on any atom is -0.472 e. The van der Waals surface area contributed by atoms with Crippen molar-refractivity contribution in [2.24, 2.45) is 5.92 Å². The van der Waals surface area contributed by atoms with E-state index in [9.17, 15) is 4.79 Å². The van der Waals surface area contributed by atoms with Crippen molar-refractivity contribution in [2.75, 3.05) is 18.0 Å². The number of Topliss-reactive ketones (excluding diaryl/α,β-unsaturated/α-hetero) is 1. The highest BCUT2D eigenvalue weighted by Crippen LogP contribution is 2.28. The van der Waals surface area contributed by atoms with Crippen LogP contribution in [0.4, 0.5) is 5.69 Å². The van der Waals surface area contributed by atoms with Gasteiger partial charge in [-0.1, -0.05) is 32.0 Å². The Labute approximate surface area is 149 Å². The first-order chi connectivity index (χ1) is 12.0. The summed E-state index contributed by atoms with van der Waals surface area (Å²) >= 11 is 0. The molecule has 1 atom stereocenters. The van der Waals surface area contributed by atoms with Gasteiger partial charge in [0.15, 0.2) is 5.78 Å². The third kappa shape index (κ3) is 4.38. The van der Waals surface area contributed by atoms with Crippen molar-refractivity contribution < 1.29 is 9.53 Å². The molecule has 1 fully saturated rings. The van der Waals surface area contributed by atoms with Gasteiger partial charge in [0.1, 0.15) is 6.10 Å². The van der Waals surface area contributed by atoms with E-state index in [4.69, 9.17) is 4.74 Å². The number of aromatic nitrogens is 1. The molecular weight excluding hydrogens is 312 g/mol. The largest absolute Gasteiger partial charge is 0.472 e. The van der Waals surface area contributed by atoms with Crippen LogP contribution in [0.5, 0.6) is 5.88 Å². The van der Waals surface area contributed by atoms with Crippen molar-refractivity contribution in [2.45, 2.75) is 39.7 Å². The molecule has 1 aliphatic rings. The molecule has 0 unspecified atom stereocenters. The number of carbonyl (C=O) groups is 1. The standard InChI is InChI=1S/C21H26N2O2/c1-15(2)12-20(24)18-6-4-5-7-19(18)23-11-10-17(14-23)25-21-9-8-16(3)13-22-21/h4-9,13,15,17H,10-12,14H2,1-3H3/t17-/m0/s1. The van der Waals surface area contributed by atoms with Gasteiger partial charge in [-0.2, -0.15) is 0 Å². The summed E-state index contributed by atoms with van der Waals surface area (Å²) in [6.07, 6.45) is 3.44. The molecule has 132 valence electrons. The Bertz CT molecular complexity index is 725. The molecule has 0 N–H and O–H groups in total. The van der Waals surface area contributed by atoms with Gasteiger partial charge in [-0.05, 0) is 30.5 Å². The van der Waals surface area contributed by atoms with E-state index in [1.165, 1.54) is 0 Å². The number of benzene rings is 1. The summed E-state index contributed by atoms with van der Waals surface area (Å²) in [6.45, 7) is 7.84. The molecule has 0 spiro atoms. The number of para-hydroxylation sites is 1. The monoisotopic (exact) mass is 338 g/mol.